The van der Waals surface area contributed by atoms with Crippen LogP contribution in [-0.2, 0) is 5.41 Å². The Labute approximate surface area is 247 Å². The summed E-state index contributed by atoms with van der Waals surface area (Å²) >= 11 is 0. The maximum Gasteiger partial charge on any atom is 0.0728 e. The van der Waals surface area contributed by atoms with E-state index in [9.17, 15) is 0 Å². The van der Waals surface area contributed by atoms with E-state index in [4.69, 9.17) is 9.97 Å². The zero-order chi connectivity index (χ0) is 27.4. The van der Waals surface area contributed by atoms with Gasteiger partial charge in [-0.1, -0.05) is 20.8 Å². The van der Waals surface area contributed by atoms with Crippen LogP contribution in [0.3, 0.4) is 0 Å². The van der Waals surface area contributed by atoms with Gasteiger partial charge in [0.2, 0.25) is 0 Å². The van der Waals surface area contributed by atoms with Gasteiger partial charge in [0, 0.05) is 44.8 Å². The summed E-state index contributed by atoms with van der Waals surface area (Å²) in [4.78, 5) is 10.9. The van der Waals surface area contributed by atoms with Crippen molar-refractivity contribution in [3.8, 4) is 0 Å². The van der Waals surface area contributed by atoms with Crippen LogP contribution in [0.15, 0.2) is 24.5 Å². The third-order valence-electron chi connectivity index (χ3n) is 14.8. The van der Waals surface area contributed by atoms with Crippen molar-refractivity contribution in [2.75, 3.05) is 0 Å². The van der Waals surface area contributed by atoms with E-state index < -0.39 is 0 Å². The third kappa shape index (κ3) is 2.40. The van der Waals surface area contributed by atoms with Gasteiger partial charge in [-0.2, -0.15) is 0 Å². The molecule has 3 nitrogen and oxygen atoms in total. The number of hydrogen-bond donors (Lipinski definition) is 0. The van der Waals surface area contributed by atoms with Crippen LogP contribution in [0.5, 0.6) is 0 Å². The number of nitrogens with zero attached hydrogens (tertiary/aromatic N) is 3. The number of rotatable bonds is 0. The molecule has 8 aliphatic carbocycles. The molecule has 13 rings (SSSR count). The van der Waals surface area contributed by atoms with Crippen LogP contribution in [0, 0.1) is 29.1 Å². The summed E-state index contributed by atoms with van der Waals surface area (Å²) in [6.45, 7) is 7.25. The number of hydrogen-bond acceptors (Lipinski definition) is 2. The first-order valence-electron chi connectivity index (χ1n) is 17.4. The predicted octanol–water partition coefficient (Wildman–Crippen LogP) is 9.71. The summed E-state index contributed by atoms with van der Waals surface area (Å²) in [5.74, 6) is 6.54. The fourth-order valence-corrected chi connectivity index (χ4v) is 13.4. The molecule has 0 radical (unpaired) electrons. The van der Waals surface area contributed by atoms with Crippen molar-refractivity contribution in [3.63, 3.8) is 0 Å². The molecule has 5 saturated carbocycles. The number of fused-ring (bicyclic) bond motifs is 12. The van der Waals surface area contributed by atoms with E-state index in [0.29, 0.717) is 29.1 Å². The van der Waals surface area contributed by atoms with E-state index in [-0.39, 0.29) is 5.41 Å². The molecular formula is C39H41N3. The van der Waals surface area contributed by atoms with Crippen LogP contribution in [0.4, 0.5) is 0 Å². The largest absolute Gasteiger partial charge is 0.305 e. The molecule has 1 aromatic carbocycles. The molecule has 8 aliphatic rings. The van der Waals surface area contributed by atoms with Crippen LogP contribution in [-0.4, -0.2) is 14.4 Å². The van der Waals surface area contributed by atoms with Crippen molar-refractivity contribution in [1.29, 1.82) is 0 Å². The molecular weight excluding hydrogens is 510 g/mol. The minimum absolute atomic E-state index is 0.102. The molecule has 212 valence electrons. The first-order chi connectivity index (χ1) is 20.4. The Morgan fingerprint density at radius 1 is 0.667 bits per heavy atom. The summed E-state index contributed by atoms with van der Waals surface area (Å²) in [5, 5.41) is 6.15. The van der Waals surface area contributed by atoms with Crippen LogP contribution >= 0.6 is 0 Å². The monoisotopic (exact) mass is 551 g/mol. The maximum absolute atomic E-state index is 5.46. The average molecular weight is 552 g/mol. The first-order valence-corrected chi connectivity index (χ1v) is 17.4. The Morgan fingerprint density at radius 3 is 1.90 bits per heavy atom. The van der Waals surface area contributed by atoms with Crippen molar-refractivity contribution >= 4 is 38.1 Å². The summed E-state index contributed by atoms with van der Waals surface area (Å²) in [6.07, 6.45) is 18.8. The molecule has 5 aromatic rings. The van der Waals surface area contributed by atoms with Crippen molar-refractivity contribution in [3.05, 3.63) is 52.6 Å². The lowest BCUT2D eigenvalue weighted by molar-refractivity contribution is 0.00321. The molecule has 4 aromatic heterocycles. The van der Waals surface area contributed by atoms with E-state index >= 15 is 0 Å². The normalized spacial score (nSPS) is 38.9. The van der Waals surface area contributed by atoms with Crippen molar-refractivity contribution in [2.24, 2.45) is 29.1 Å². The second kappa shape index (κ2) is 6.84. The Bertz CT molecular complexity index is 2040. The van der Waals surface area contributed by atoms with Gasteiger partial charge >= 0.3 is 0 Å². The lowest BCUT2D eigenvalue weighted by atomic mass is 9.56. The van der Waals surface area contributed by atoms with Gasteiger partial charge in [0.05, 0.1) is 28.9 Å². The van der Waals surface area contributed by atoms with E-state index in [2.05, 4.69) is 49.7 Å². The molecule has 42 heavy (non-hydrogen) atoms. The van der Waals surface area contributed by atoms with Crippen LogP contribution in [0.25, 0.3) is 38.1 Å². The molecule has 0 aliphatic heterocycles. The molecule has 0 N–H and O–H groups in total. The Hall–Kier alpha value is -2.68. The van der Waals surface area contributed by atoms with Crippen molar-refractivity contribution in [1.82, 2.24) is 14.4 Å². The predicted molar refractivity (Wildman–Crippen MR) is 169 cm³/mol. The van der Waals surface area contributed by atoms with Crippen LogP contribution in [0.1, 0.15) is 137 Å². The summed E-state index contributed by atoms with van der Waals surface area (Å²) in [6, 6.07) is 5.21. The Kier molecular flexibility index (Phi) is 3.71. The minimum Gasteiger partial charge on any atom is -0.305 e. The van der Waals surface area contributed by atoms with E-state index in [0.717, 1.165) is 23.7 Å². The highest BCUT2D eigenvalue weighted by Crippen LogP contribution is 2.76. The quantitative estimate of drug-likeness (QED) is 0.192. The Balaban J connectivity index is 1.24. The second-order valence-electron chi connectivity index (χ2n) is 17.6. The van der Waals surface area contributed by atoms with Gasteiger partial charge in [-0.25, -0.2) is 0 Å². The fraction of sp³-hybridized carbons (Fsp3) is 0.590. The van der Waals surface area contributed by atoms with Gasteiger partial charge in [-0.3, -0.25) is 9.97 Å². The molecule has 0 saturated heterocycles. The smallest absolute Gasteiger partial charge is 0.0728 e. The molecule has 0 amide bonds. The molecule has 7 atom stereocenters. The summed E-state index contributed by atoms with van der Waals surface area (Å²) < 4.78 is 2.64. The van der Waals surface area contributed by atoms with Gasteiger partial charge in [-0.05, 0) is 139 Å². The highest BCUT2D eigenvalue weighted by atomic mass is 15.0. The third-order valence-corrected chi connectivity index (χ3v) is 14.8. The number of aromatic nitrogens is 3. The van der Waals surface area contributed by atoms with Gasteiger partial charge < -0.3 is 4.40 Å². The first kappa shape index (κ1) is 22.8. The molecule has 5 fully saturated rings. The van der Waals surface area contributed by atoms with Gasteiger partial charge in [-0.15, -0.1) is 0 Å². The maximum atomic E-state index is 5.46. The van der Waals surface area contributed by atoms with E-state index in [1.54, 1.807) is 21.9 Å². The van der Waals surface area contributed by atoms with Crippen molar-refractivity contribution < 1.29 is 0 Å². The van der Waals surface area contributed by atoms with Crippen molar-refractivity contribution in [2.45, 2.75) is 114 Å². The lowest BCUT2D eigenvalue weighted by Crippen LogP contribution is -2.41. The Morgan fingerprint density at radius 2 is 1.24 bits per heavy atom. The second-order valence-corrected chi connectivity index (χ2v) is 17.6. The lowest BCUT2D eigenvalue weighted by Gasteiger charge is -2.48. The molecule has 7 unspecified atom stereocenters. The molecule has 7 bridgehead atoms. The molecule has 1 spiro atoms. The highest BCUT2D eigenvalue weighted by Gasteiger charge is 2.66. The summed E-state index contributed by atoms with van der Waals surface area (Å²) in [5.41, 5.74) is 12.7. The number of benzene rings is 1. The van der Waals surface area contributed by atoms with E-state index in [1.165, 1.54) is 108 Å². The SMILES string of the molecule is CC(C)(C)c1cc2c3c4c(ncc3n3c5cnc6c(c5c(c1)c23)C1CC2CC3CC6CC32C1)C1CC2CC(C1)CC4C2. The van der Waals surface area contributed by atoms with Crippen LogP contribution in [0.2, 0.25) is 0 Å². The highest BCUT2D eigenvalue weighted by molar-refractivity contribution is 6.25. The van der Waals surface area contributed by atoms with Gasteiger partial charge in [0.1, 0.15) is 0 Å². The molecule has 3 heteroatoms. The van der Waals surface area contributed by atoms with Gasteiger partial charge in [0.25, 0.3) is 0 Å². The van der Waals surface area contributed by atoms with E-state index in [1.807, 2.05) is 0 Å². The zero-order valence-electron chi connectivity index (χ0n) is 25.3. The standard InChI is InChI=1S/C39H41N3/c1-38(2,3)24-12-27-33-29(16-40-35-21-7-18-4-19(8-21)6-20(5-18)31(33)35)42-30-17-41-36-23-10-26-11-25-9-22(14-39(25,26)15-23)32(36)34(30)28(13-24)37(27)42/h12-13,16-23,25-26H,4-11,14-15H2,1-3H3. The zero-order valence-corrected chi connectivity index (χ0v) is 25.3. The average Bonchev–Trinajstić information content (AvgIpc) is 3.60. The molecule has 4 heterocycles. The topological polar surface area (TPSA) is 30.2 Å². The fourth-order valence-electron chi connectivity index (χ4n) is 13.4. The number of pyridine rings is 2. The minimum atomic E-state index is 0.102. The van der Waals surface area contributed by atoms with Gasteiger partial charge in [0.15, 0.2) is 0 Å². The van der Waals surface area contributed by atoms with Crippen LogP contribution < -0.4 is 0 Å². The summed E-state index contributed by atoms with van der Waals surface area (Å²) in [7, 11) is 0.